The highest BCUT2D eigenvalue weighted by atomic mass is 31.2. The maximum Gasteiger partial charge on any atom is 0.145 e. The van der Waals surface area contributed by atoms with Gasteiger partial charge in [0.2, 0.25) is 0 Å². The fraction of sp³-hybridized carbons (Fsp3) is 0.133. The molecule has 6 rings (SSSR count). The molecule has 0 aliphatic heterocycles. The maximum atomic E-state index is 5.55. The van der Waals surface area contributed by atoms with Crippen molar-refractivity contribution in [1.82, 2.24) is 19.6 Å². The van der Waals surface area contributed by atoms with E-state index >= 15 is 0 Å². The van der Waals surface area contributed by atoms with Crippen LogP contribution in [0.5, 0.6) is 11.5 Å². The van der Waals surface area contributed by atoms with Crippen LogP contribution in [0.4, 0.5) is 0 Å². The van der Waals surface area contributed by atoms with E-state index in [1.54, 1.807) is 14.2 Å². The highest BCUT2D eigenvalue weighted by Crippen LogP contribution is 2.57. The van der Waals surface area contributed by atoms with Crippen LogP contribution in [-0.4, -0.2) is 33.8 Å². The summed E-state index contributed by atoms with van der Waals surface area (Å²) in [6.07, 6.45) is 3.99. The molecule has 2 aromatic heterocycles. The lowest BCUT2D eigenvalue weighted by Gasteiger charge is -2.29. The van der Waals surface area contributed by atoms with Gasteiger partial charge in [0.05, 0.1) is 48.4 Å². The summed E-state index contributed by atoms with van der Waals surface area (Å²) in [5.74, 6) is 1.66. The van der Waals surface area contributed by atoms with Crippen LogP contribution in [0.15, 0.2) is 97.3 Å². The van der Waals surface area contributed by atoms with Gasteiger partial charge in [-0.25, -0.2) is 0 Å². The predicted molar refractivity (Wildman–Crippen MR) is 153 cm³/mol. The number of fused-ring (bicyclic) bond motifs is 2. The first-order valence-electron chi connectivity index (χ1n) is 12.1. The van der Waals surface area contributed by atoms with Crippen molar-refractivity contribution in [2.75, 3.05) is 14.2 Å². The summed E-state index contributed by atoms with van der Waals surface area (Å²) >= 11 is 0. The third-order valence-electron chi connectivity index (χ3n) is 7.18. The third-order valence-corrected chi connectivity index (χ3v) is 11.6. The molecule has 184 valence electrons. The number of hydrogen-bond donors (Lipinski definition) is 0. The van der Waals surface area contributed by atoms with Crippen LogP contribution in [0, 0.1) is 0 Å². The van der Waals surface area contributed by atoms with Crippen LogP contribution >= 0.6 is 7.26 Å². The van der Waals surface area contributed by atoms with Gasteiger partial charge in [0.15, 0.2) is 0 Å². The molecule has 0 unspecified atom stereocenters. The SMILES string of the molecule is COc1ccc([P+](c2ccc(OC)cc2)(c2cccc3c2cnn3C)c2cccc3c2cnn3C)cc1. The molecule has 0 N–H and O–H groups in total. The van der Waals surface area contributed by atoms with Crippen molar-refractivity contribution in [1.29, 1.82) is 0 Å². The topological polar surface area (TPSA) is 54.1 Å². The summed E-state index contributed by atoms with van der Waals surface area (Å²) in [7, 11) is 4.95. The van der Waals surface area contributed by atoms with Crippen molar-refractivity contribution in [3.63, 3.8) is 0 Å². The molecular weight excluding hydrogens is 479 g/mol. The molecule has 0 radical (unpaired) electrons. The van der Waals surface area contributed by atoms with E-state index in [0.717, 1.165) is 33.3 Å². The molecule has 0 amide bonds. The Bertz CT molecular complexity index is 1590. The second-order valence-electron chi connectivity index (χ2n) is 9.02. The first kappa shape index (κ1) is 23.3. The van der Waals surface area contributed by atoms with Gasteiger partial charge in [-0.1, -0.05) is 12.1 Å². The first-order chi connectivity index (χ1) is 18.1. The second kappa shape index (κ2) is 9.06. The minimum Gasteiger partial charge on any atom is -0.497 e. The van der Waals surface area contributed by atoms with Crippen LogP contribution in [0.3, 0.4) is 0 Å². The van der Waals surface area contributed by atoms with E-state index in [1.165, 1.54) is 21.2 Å². The van der Waals surface area contributed by atoms with Gasteiger partial charge in [-0.2, -0.15) is 10.2 Å². The fourth-order valence-electron chi connectivity index (χ4n) is 5.36. The van der Waals surface area contributed by atoms with Gasteiger partial charge in [0.25, 0.3) is 0 Å². The average molecular weight is 508 g/mol. The molecule has 4 aromatic carbocycles. The molecule has 2 heterocycles. The molecule has 0 atom stereocenters. The molecule has 0 saturated heterocycles. The Balaban J connectivity index is 1.82. The molecule has 0 spiro atoms. The monoisotopic (exact) mass is 507 g/mol. The minimum absolute atomic E-state index is 0.829. The summed E-state index contributed by atoms with van der Waals surface area (Å²) < 4.78 is 15.0. The first-order valence-corrected chi connectivity index (χ1v) is 13.9. The minimum atomic E-state index is -2.45. The number of aromatic nitrogens is 4. The van der Waals surface area contributed by atoms with E-state index in [9.17, 15) is 0 Å². The van der Waals surface area contributed by atoms with Crippen molar-refractivity contribution in [2.45, 2.75) is 0 Å². The summed E-state index contributed by atoms with van der Waals surface area (Å²) in [6.45, 7) is 0. The van der Waals surface area contributed by atoms with Crippen LogP contribution < -0.4 is 30.7 Å². The maximum absolute atomic E-state index is 5.55. The largest absolute Gasteiger partial charge is 0.497 e. The normalized spacial score (nSPS) is 11.8. The Labute approximate surface area is 216 Å². The lowest BCUT2D eigenvalue weighted by atomic mass is 10.2. The molecule has 6 nitrogen and oxygen atoms in total. The molecule has 6 aromatic rings. The van der Waals surface area contributed by atoms with Crippen molar-refractivity contribution < 1.29 is 9.47 Å². The number of rotatable bonds is 6. The van der Waals surface area contributed by atoms with E-state index in [1.807, 2.05) is 35.9 Å². The van der Waals surface area contributed by atoms with Gasteiger partial charge in [0.1, 0.15) is 40.0 Å². The quantitative estimate of drug-likeness (QED) is 0.319. The number of benzene rings is 4. The Morgan fingerprint density at radius 3 is 1.35 bits per heavy atom. The van der Waals surface area contributed by atoms with Crippen molar-refractivity contribution in [3.8, 4) is 11.5 Å². The molecular formula is C30H28N4O2P+. The lowest BCUT2D eigenvalue weighted by Crippen LogP contribution is -2.39. The highest BCUT2D eigenvalue weighted by Gasteiger charge is 2.50. The standard InChI is InChI=1S/C30H28N4O2P/c1-33-27-7-5-9-29(25(27)19-31-33)37(23-15-11-21(35-3)12-16-23,24-17-13-22(36-4)14-18-24)30-10-6-8-28-26(30)20-32-34(28)2/h5-20H,1-4H3/q+1. The van der Waals surface area contributed by atoms with Gasteiger partial charge in [-0.05, 0) is 72.8 Å². The van der Waals surface area contributed by atoms with Gasteiger partial charge in [-0.3, -0.25) is 9.36 Å². The van der Waals surface area contributed by atoms with E-state index in [0.29, 0.717) is 0 Å². The molecule has 0 aliphatic rings. The van der Waals surface area contributed by atoms with Gasteiger partial charge in [0, 0.05) is 14.1 Å². The molecule has 37 heavy (non-hydrogen) atoms. The number of methoxy groups -OCH3 is 2. The number of nitrogens with zero attached hydrogens (tertiary/aromatic N) is 4. The number of ether oxygens (including phenoxy) is 2. The van der Waals surface area contributed by atoms with Crippen molar-refractivity contribution in [2.24, 2.45) is 14.1 Å². The summed E-state index contributed by atoms with van der Waals surface area (Å²) in [6, 6.07) is 30.1. The second-order valence-corrected chi connectivity index (χ2v) is 12.4. The van der Waals surface area contributed by atoms with Crippen LogP contribution in [0.2, 0.25) is 0 Å². The van der Waals surface area contributed by atoms with Crippen LogP contribution in [0.25, 0.3) is 21.8 Å². The zero-order valence-electron chi connectivity index (χ0n) is 21.3. The lowest BCUT2D eigenvalue weighted by molar-refractivity contribution is 0.415. The van der Waals surface area contributed by atoms with E-state index < -0.39 is 7.26 Å². The summed E-state index contributed by atoms with van der Waals surface area (Å²) in [5, 5.41) is 16.6. The van der Waals surface area contributed by atoms with Gasteiger partial charge in [-0.15, -0.1) is 0 Å². The molecule has 0 bridgehead atoms. The van der Waals surface area contributed by atoms with Gasteiger partial charge < -0.3 is 9.47 Å². The summed E-state index contributed by atoms with van der Waals surface area (Å²) in [5.41, 5.74) is 2.20. The Hall–Kier alpha value is -4.15. The van der Waals surface area contributed by atoms with Gasteiger partial charge >= 0.3 is 0 Å². The van der Waals surface area contributed by atoms with Crippen LogP contribution in [-0.2, 0) is 14.1 Å². The Kier molecular flexibility index (Phi) is 5.69. The zero-order valence-corrected chi connectivity index (χ0v) is 22.2. The summed E-state index contributed by atoms with van der Waals surface area (Å²) in [4.78, 5) is 0. The number of aryl methyl sites for hydroxylation is 2. The molecule has 7 heteroatoms. The Morgan fingerprint density at radius 2 is 0.973 bits per heavy atom. The smallest absolute Gasteiger partial charge is 0.145 e. The van der Waals surface area contributed by atoms with Crippen molar-refractivity contribution in [3.05, 3.63) is 97.3 Å². The fourth-order valence-corrected chi connectivity index (χ4v) is 9.91. The number of hydrogen-bond acceptors (Lipinski definition) is 4. The highest BCUT2D eigenvalue weighted by molar-refractivity contribution is 8.02. The van der Waals surface area contributed by atoms with E-state index in [-0.39, 0.29) is 0 Å². The van der Waals surface area contributed by atoms with E-state index in [2.05, 4.69) is 95.1 Å². The third kappa shape index (κ3) is 3.52. The van der Waals surface area contributed by atoms with E-state index in [4.69, 9.17) is 9.47 Å². The van der Waals surface area contributed by atoms with Crippen molar-refractivity contribution >= 4 is 50.3 Å². The molecule has 0 fully saturated rings. The molecule has 0 aliphatic carbocycles. The average Bonchev–Trinajstić information content (AvgIpc) is 3.53. The van der Waals surface area contributed by atoms with Crippen LogP contribution in [0.1, 0.15) is 0 Å². The molecule has 0 saturated carbocycles. The zero-order chi connectivity index (χ0) is 25.6. The Morgan fingerprint density at radius 1 is 0.568 bits per heavy atom. The predicted octanol–water partition coefficient (Wildman–Crippen LogP) is 4.10.